The van der Waals surface area contributed by atoms with E-state index < -0.39 is 5.41 Å². The van der Waals surface area contributed by atoms with Crippen molar-refractivity contribution in [1.29, 1.82) is 0 Å². The number of anilines is 1. The Morgan fingerprint density at radius 2 is 2.20 bits per heavy atom. The summed E-state index contributed by atoms with van der Waals surface area (Å²) in [5.74, 6) is 0.806. The van der Waals surface area contributed by atoms with Crippen LogP contribution in [-0.2, 0) is 4.79 Å². The Morgan fingerprint density at radius 3 is 2.73 bits per heavy atom. The van der Waals surface area contributed by atoms with Gasteiger partial charge >= 0.3 is 0 Å². The lowest BCUT2D eigenvalue weighted by Crippen LogP contribution is -2.39. The smallest absolute Gasteiger partial charge is 0.227 e. The lowest BCUT2D eigenvalue weighted by molar-refractivity contribution is -0.128. The quantitative estimate of drug-likeness (QED) is 0.781. The van der Waals surface area contributed by atoms with Crippen LogP contribution in [0.5, 0.6) is 0 Å². The van der Waals surface area contributed by atoms with Gasteiger partial charge in [-0.2, -0.15) is 0 Å². The first-order valence-electron chi connectivity index (χ1n) is 4.93. The van der Waals surface area contributed by atoms with Crippen LogP contribution >= 0.6 is 0 Å². The summed E-state index contributed by atoms with van der Waals surface area (Å²) in [6.45, 7) is 4.34. The average Bonchev–Trinajstić information content (AvgIpc) is 2.27. The van der Waals surface area contributed by atoms with E-state index >= 15 is 0 Å². The van der Waals surface area contributed by atoms with E-state index in [9.17, 15) is 4.79 Å². The van der Waals surface area contributed by atoms with E-state index in [0.29, 0.717) is 6.54 Å². The zero-order chi connectivity index (χ0) is 11.3. The van der Waals surface area contributed by atoms with Gasteiger partial charge in [0.05, 0.1) is 5.41 Å². The van der Waals surface area contributed by atoms with Crippen molar-refractivity contribution >= 4 is 11.7 Å². The maximum atomic E-state index is 11.5. The molecule has 4 nitrogen and oxygen atoms in total. The van der Waals surface area contributed by atoms with Gasteiger partial charge in [-0.1, -0.05) is 6.07 Å². The van der Waals surface area contributed by atoms with E-state index in [1.54, 1.807) is 13.2 Å². The molecule has 0 saturated heterocycles. The van der Waals surface area contributed by atoms with E-state index in [-0.39, 0.29) is 5.91 Å². The van der Waals surface area contributed by atoms with E-state index in [1.807, 2.05) is 32.0 Å². The lowest BCUT2D eigenvalue weighted by atomic mass is 9.92. The first-order chi connectivity index (χ1) is 7.06. The molecular formula is C11H17N3O. The predicted octanol–water partition coefficient (Wildman–Crippen LogP) is 1.27. The molecule has 0 bridgehead atoms. The van der Waals surface area contributed by atoms with Crippen LogP contribution in [0, 0.1) is 5.41 Å². The predicted molar refractivity (Wildman–Crippen MR) is 60.6 cm³/mol. The number of carbonyl (C=O) groups excluding carboxylic acids is 1. The van der Waals surface area contributed by atoms with Gasteiger partial charge in [0.15, 0.2) is 0 Å². The van der Waals surface area contributed by atoms with Crippen LogP contribution in [0.2, 0.25) is 0 Å². The van der Waals surface area contributed by atoms with E-state index in [0.717, 1.165) is 5.82 Å². The molecule has 4 heteroatoms. The fourth-order valence-corrected chi connectivity index (χ4v) is 1.20. The molecule has 0 aliphatic carbocycles. The van der Waals surface area contributed by atoms with E-state index in [2.05, 4.69) is 15.6 Å². The van der Waals surface area contributed by atoms with E-state index in [4.69, 9.17) is 0 Å². The molecule has 1 heterocycles. The average molecular weight is 207 g/mol. The molecule has 1 amide bonds. The van der Waals surface area contributed by atoms with Crippen molar-refractivity contribution < 1.29 is 4.79 Å². The number of hydrogen-bond acceptors (Lipinski definition) is 3. The summed E-state index contributed by atoms with van der Waals surface area (Å²) in [6.07, 6.45) is 1.72. The molecule has 0 spiro atoms. The molecule has 0 atom stereocenters. The maximum Gasteiger partial charge on any atom is 0.227 e. The number of rotatable bonds is 4. The molecule has 2 N–H and O–H groups in total. The van der Waals surface area contributed by atoms with Crippen LogP contribution in [0.25, 0.3) is 0 Å². The Morgan fingerprint density at radius 1 is 1.47 bits per heavy atom. The van der Waals surface area contributed by atoms with Crippen molar-refractivity contribution in [2.75, 3.05) is 18.9 Å². The maximum absolute atomic E-state index is 11.5. The number of hydrogen-bond donors (Lipinski definition) is 2. The Bertz CT molecular complexity index is 322. The Kier molecular flexibility index (Phi) is 3.66. The molecular weight excluding hydrogens is 190 g/mol. The number of nitrogens with one attached hydrogen (secondary N) is 2. The van der Waals surface area contributed by atoms with Gasteiger partial charge in [-0.3, -0.25) is 4.79 Å². The van der Waals surface area contributed by atoms with Crippen LogP contribution in [0.1, 0.15) is 13.8 Å². The van der Waals surface area contributed by atoms with Crippen molar-refractivity contribution in [2.45, 2.75) is 13.8 Å². The van der Waals surface area contributed by atoms with Crippen molar-refractivity contribution in [1.82, 2.24) is 10.3 Å². The fourth-order valence-electron chi connectivity index (χ4n) is 1.20. The third kappa shape index (κ3) is 3.23. The highest BCUT2D eigenvalue weighted by molar-refractivity contribution is 5.82. The minimum Gasteiger partial charge on any atom is -0.369 e. The zero-order valence-corrected chi connectivity index (χ0v) is 9.37. The second-order valence-corrected chi connectivity index (χ2v) is 4.03. The highest BCUT2D eigenvalue weighted by Crippen LogP contribution is 2.15. The van der Waals surface area contributed by atoms with Crippen molar-refractivity contribution in [3.63, 3.8) is 0 Å². The third-order valence-corrected chi connectivity index (χ3v) is 2.22. The summed E-state index contributed by atoms with van der Waals surface area (Å²) >= 11 is 0. The second kappa shape index (κ2) is 4.77. The first-order valence-corrected chi connectivity index (χ1v) is 4.93. The lowest BCUT2D eigenvalue weighted by Gasteiger charge is -2.22. The van der Waals surface area contributed by atoms with Gasteiger partial charge in [0.1, 0.15) is 5.82 Å². The SMILES string of the molecule is CNC(=O)C(C)(C)CNc1ccccn1. The molecule has 1 rings (SSSR count). The Labute approximate surface area is 90.1 Å². The summed E-state index contributed by atoms with van der Waals surface area (Å²) in [6, 6.07) is 5.64. The molecule has 0 fully saturated rings. The highest BCUT2D eigenvalue weighted by atomic mass is 16.2. The number of pyridine rings is 1. The number of aromatic nitrogens is 1. The van der Waals surface area contributed by atoms with Gasteiger partial charge in [-0.25, -0.2) is 4.98 Å². The molecule has 0 aliphatic heterocycles. The second-order valence-electron chi connectivity index (χ2n) is 4.03. The molecule has 0 aliphatic rings. The molecule has 0 unspecified atom stereocenters. The Hall–Kier alpha value is -1.58. The minimum absolute atomic E-state index is 0.0194. The molecule has 15 heavy (non-hydrogen) atoms. The standard InChI is InChI=1S/C11H17N3O/c1-11(2,10(15)12-3)8-14-9-6-4-5-7-13-9/h4-7H,8H2,1-3H3,(H,12,15)(H,13,14). The summed E-state index contributed by atoms with van der Waals surface area (Å²) in [5, 5.41) is 5.77. The molecule has 0 aromatic carbocycles. The van der Waals surface area contributed by atoms with Crippen molar-refractivity contribution in [3.8, 4) is 0 Å². The summed E-state index contributed by atoms with van der Waals surface area (Å²) in [7, 11) is 1.64. The number of carbonyl (C=O) groups is 1. The van der Waals surface area contributed by atoms with Crippen LogP contribution in [0.4, 0.5) is 5.82 Å². The van der Waals surface area contributed by atoms with Gasteiger partial charge in [0.2, 0.25) is 5.91 Å². The highest BCUT2D eigenvalue weighted by Gasteiger charge is 2.26. The van der Waals surface area contributed by atoms with E-state index in [1.165, 1.54) is 0 Å². The van der Waals surface area contributed by atoms with Crippen LogP contribution in [-0.4, -0.2) is 24.5 Å². The van der Waals surface area contributed by atoms with Crippen molar-refractivity contribution in [2.24, 2.45) is 5.41 Å². The van der Waals surface area contributed by atoms with Gasteiger partial charge in [-0.15, -0.1) is 0 Å². The monoisotopic (exact) mass is 207 g/mol. The Balaban J connectivity index is 2.53. The topological polar surface area (TPSA) is 54.0 Å². The summed E-state index contributed by atoms with van der Waals surface area (Å²) < 4.78 is 0. The fraction of sp³-hybridized carbons (Fsp3) is 0.455. The van der Waals surface area contributed by atoms with Crippen molar-refractivity contribution in [3.05, 3.63) is 24.4 Å². The molecule has 0 saturated carbocycles. The zero-order valence-electron chi connectivity index (χ0n) is 9.37. The third-order valence-electron chi connectivity index (χ3n) is 2.22. The summed E-state index contributed by atoms with van der Waals surface area (Å²) in [4.78, 5) is 15.6. The molecule has 1 aromatic rings. The van der Waals surface area contributed by atoms with Crippen LogP contribution in [0.15, 0.2) is 24.4 Å². The number of nitrogens with zero attached hydrogens (tertiary/aromatic N) is 1. The summed E-state index contributed by atoms with van der Waals surface area (Å²) in [5.41, 5.74) is -0.438. The van der Waals surface area contributed by atoms with Gasteiger partial charge < -0.3 is 10.6 Å². The molecule has 1 aromatic heterocycles. The van der Waals surface area contributed by atoms with Gasteiger partial charge in [0, 0.05) is 19.8 Å². The van der Waals surface area contributed by atoms with Gasteiger partial charge in [0.25, 0.3) is 0 Å². The molecule has 82 valence electrons. The largest absolute Gasteiger partial charge is 0.369 e. The normalized spacial score (nSPS) is 10.9. The van der Waals surface area contributed by atoms with Crippen LogP contribution in [0.3, 0.4) is 0 Å². The minimum atomic E-state index is -0.438. The van der Waals surface area contributed by atoms with Gasteiger partial charge in [-0.05, 0) is 26.0 Å². The molecule has 0 radical (unpaired) electrons. The van der Waals surface area contributed by atoms with Crippen LogP contribution < -0.4 is 10.6 Å². The number of amides is 1. The first kappa shape index (κ1) is 11.5.